The van der Waals surface area contributed by atoms with Crippen molar-refractivity contribution in [1.82, 2.24) is 4.90 Å². The first-order valence-corrected chi connectivity index (χ1v) is 11.5. The van der Waals surface area contributed by atoms with Crippen LogP contribution in [0, 0.1) is 0 Å². The third-order valence-electron chi connectivity index (χ3n) is 5.52. The molecule has 31 heavy (non-hydrogen) atoms. The molecule has 0 bridgehead atoms. The average molecular weight is 436 g/mol. The molecule has 0 saturated heterocycles. The van der Waals surface area contributed by atoms with Crippen molar-refractivity contribution in [1.29, 1.82) is 0 Å². The summed E-state index contributed by atoms with van der Waals surface area (Å²) in [6, 6.07) is 17.2. The van der Waals surface area contributed by atoms with Gasteiger partial charge in [-0.05, 0) is 58.0 Å². The Kier molecular flexibility index (Phi) is 3.52. The van der Waals surface area contributed by atoms with Gasteiger partial charge in [-0.25, -0.2) is 24.9 Å². The number of fused-ring (bicyclic) bond motifs is 2. The monoisotopic (exact) mass is 435 g/mol. The largest absolute Gasteiger partial charge is 0.246 e. The minimum absolute atomic E-state index is 0.594. The fourth-order valence-electron chi connectivity index (χ4n) is 3.98. The molecule has 5 heterocycles. The predicted octanol–water partition coefficient (Wildman–Crippen LogP) is 5.91. The molecule has 5 nitrogen and oxygen atoms in total. The maximum Gasteiger partial charge on any atom is 0.239 e. The van der Waals surface area contributed by atoms with Gasteiger partial charge < -0.3 is 0 Å². The Morgan fingerprint density at radius 2 is 1.45 bits per heavy atom. The summed E-state index contributed by atoms with van der Waals surface area (Å²) >= 11 is 3.48. The number of thiophene rings is 2. The summed E-state index contributed by atoms with van der Waals surface area (Å²) in [7, 11) is 0. The summed E-state index contributed by atoms with van der Waals surface area (Å²) in [5, 5.41) is 6.73. The molecule has 2 aromatic carbocycles. The fraction of sp³-hybridized carbons (Fsp3) is 0. The third kappa shape index (κ3) is 2.67. The molecule has 0 amide bonds. The van der Waals surface area contributed by atoms with Gasteiger partial charge in [0.05, 0.1) is 17.1 Å². The van der Waals surface area contributed by atoms with Gasteiger partial charge in [0.25, 0.3) is 0 Å². The summed E-state index contributed by atoms with van der Waals surface area (Å²) < 4.78 is 2.50. The molecule has 0 fully saturated rings. The molecule has 0 radical (unpaired) electrons. The number of guanidine groups is 2. The number of hydrogen-bond donors (Lipinski definition) is 0. The van der Waals surface area contributed by atoms with Crippen molar-refractivity contribution in [3.63, 3.8) is 0 Å². The lowest BCUT2D eigenvalue weighted by atomic mass is 10.0. The Balaban J connectivity index is 1.38. The van der Waals surface area contributed by atoms with Gasteiger partial charge in [0.1, 0.15) is 6.34 Å². The van der Waals surface area contributed by atoms with E-state index >= 15 is 0 Å². The summed E-state index contributed by atoms with van der Waals surface area (Å²) in [5.74, 6) is 1.19. The molecular formula is C24H13N5S2. The van der Waals surface area contributed by atoms with E-state index in [1.165, 1.54) is 26.5 Å². The zero-order chi connectivity index (χ0) is 20.4. The van der Waals surface area contributed by atoms with Crippen LogP contribution in [0.3, 0.4) is 0 Å². The van der Waals surface area contributed by atoms with Crippen LogP contribution in [0.5, 0.6) is 0 Å². The molecule has 146 valence electrons. The van der Waals surface area contributed by atoms with E-state index in [1.54, 1.807) is 22.7 Å². The Morgan fingerprint density at radius 1 is 0.710 bits per heavy atom. The lowest BCUT2D eigenvalue weighted by Gasteiger charge is -2.31. The zero-order valence-corrected chi connectivity index (χ0v) is 17.7. The summed E-state index contributed by atoms with van der Waals surface area (Å²) in [6.45, 7) is 0. The molecule has 0 aliphatic carbocycles. The Hall–Kier alpha value is -3.68. The van der Waals surface area contributed by atoms with Gasteiger partial charge in [-0.1, -0.05) is 24.3 Å². The molecule has 3 aliphatic rings. The van der Waals surface area contributed by atoms with Crippen LogP contribution in [0.15, 0.2) is 97.1 Å². The first kappa shape index (κ1) is 17.0. The summed E-state index contributed by atoms with van der Waals surface area (Å²) in [5.41, 5.74) is 4.90. The number of allylic oxidation sites excluding steroid dienone is 2. The second-order valence-electron chi connectivity index (χ2n) is 7.36. The number of rotatable bonds is 2. The highest BCUT2D eigenvalue weighted by molar-refractivity contribution is 7.17. The van der Waals surface area contributed by atoms with Crippen LogP contribution in [0.2, 0.25) is 0 Å². The van der Waals surface area contributed by atoms with Crippen LogP contribution >= 0.6 is 22.7 Å². The normalized spacial score (nSPS) is 17.2. The molecule has 3 aliphatic heterocycles. The minimum Gasteiger partial charge on any atom is -0.246 e. The Morgan fingerprint density at radius 3 is 2.26 bits per heavy atom. The first-order valence-electron chi connectivity index (χ1n) is 9.78. The van der Waals surface area contributed by atoms with Crippen molar-refractivity contribution < 1.29 is 0 Å². The minimum atomic E-state index is 0.594. The van der Waals surface area contributed by atoms with Gasteiger partial charge >= 0.3 is 0 Å². The Labute approximate surface area is 185 Å². The molecule has 7 heteroatoms. The van der Waals surface area contributed by atoms with Crippen molar-refractivity contribution in [3.05, 3.63) is 88.3 Å². The molecule has 7 rings (SSSR count). The third-order valence-corrected chi connectivity index (χ3v) is 7.28. The molecule has 0 N–H and O–H groups in total. The standard InChI is InChI=1S/C24H13N5S2/c1-3-16(9-21-14(1)5-7-30-21)19-11-18-12-20(17-4-2-15-6-8-31-22(15)10-17)28-24-26-13-25-23(27-19)29(18)24/h1-13H. The molecule has 0 atom stereocenters. The van der Waals surface area contributed by atoms with Crippen LogP contribution in [0.4, 0.5) is 0 Å². The van der Waals surface area contributed by atoms with Gasteiger partial charge in [0, 0.05) is 20.5 Å². The van der Waals surface area contributed by atoms with Crippen molar-refractivity contribution in [3.8, 4) is 0 Å². The van der Waals surface area contributed by atoms with E-state index < -0.39 is 0 Å². The van der Waals surface area contributed by atoms with Gasteiger partial charge in [-0.15, -0.1) is 22.7 Å². The van der Waals surface area contributed by atoms with E-state index in [2.05, 4.69) is 81.4 Å². The molecule has 0 spiro atoms. The van der Waals surface area contributed by atoms with Gasteiger partial charge in [-0.2, -0.15) is 0 Å². The van der Waals surface area contributed by atoms with E-state index in [0.29, 0.717) is 11.9 Å². The number of aliphatic imine (C=N–C) groups is 4. The lowest BCUT2D eigenvalue weighted by Crippen LogP contribution is -2.40. The van der Waals surface area contributed by atoms with Crippen LogP contribution in [-0.4, -0.2) is 28.9 Å². The topological polar surface area (TPSA) is 52.7 Å². The van der Waals surface area contributed by atoms with E-state index in [9.17, 15) is 0 Å². The van der Waals surface area contributed by atoms with Crippen LogP contribution in [0.1, 0.15) is 11.1 Å². The average Bonchev–Trinajstić information content (AvgIpc) is 3.47. The van der Waals surface area contributed by atoms with E-state index in [0.717, 1.165) is 28.2 Å². The molecule has 0 unspecified atom stereocenters. The highest BCUT2D eigenvalue weighted by Gasteiger charge is 2.30. The van der Waals surface area contributed by atoms with Crippen LogP contribution in [-0.2, 0) is 0 Å². The fourth-order valence-corrected chi connectivity index (χ4v) is 5.64. The van der Waals surface area contributed by atoms with E-state index in [-0.39, 0.29) is 0 Å². The maximum absolute atomic E-state index is 4.80. The van der Waals surface area contributed by atoms with Gasteiger partial charge in [0.2, 0.25) is 11.9 Å². The van der Waals surface area contributed by atoms with Gasteiger partial charge in [-0.3, -0.25) is 0 Å². The summed E-state index contributed by atoms with van der Waals surface area (Å²) in [6.07, 6.45) is 5.71. The van der Waals surface area contributed by atoms with Gasteiger partial charge in [0.15, 0.2) is 0 Å². The second-order valence-corrected chi connectivity index (χ2v) is 9.26. The summed E-state index contributed by atoms with van der Waals surface area (Å²) in [4.78, 5) is 20.3. The highest BCUT2D eigenvalue weighted by atomic mass is 32.1. The van der Waals surface area contributed by atoms with Crippen molar-refractivity contribution in [2.75, 3.05) is 0 Å². The maximum atomic E-state index is 4.80. The quantitative estimate of drug-likeness (QED) is 0.386. The second kappa shape index (κ2) is 6.41. The lowest BCUT2D eigenvalue weighted by molar-refractivity contribution is 0.738. The van der Waals surface area contributed by atoms with Crippen LogP contribution in [0.25, 0.3) is 25.9 Å². The predicted molar refractivity (Wildman–Crippen MR) is 131 cm³/mol. The molecule has 2 aromatic heterocycles. The van der Waals surface area contributed by atoms with Crippen molar-refractivity contribution >= 4 is 72.5 Å². The number of hydrogen-bond acceptors (Lipinski definition) is 7. The van der Waals surface area contributed by atoms with E-state index in [1.807, 2.05) is 4.90 Å². The molecule has 4 aromatic rings. The molecule has 0 saturated carbocycles. The highest BCUT2D eigenvalue weighted by Crippen LogP contribution is 2.33. The van der Waals surface area contributed by atoms with Crippen molar-refractivity contribution in [2.45, 2.75) is 0 Å². The van der Waals surface area contributed by atoms with Crippen LogP contribution < -0.4 is 0 Å². The SMILES string of the molecule is C1=NC2=NC(c3ccc4ccsc4c3)=CC3=CC(c4ccc5ccsc5c4)=NC(=N1)N32. The first-order chi connectivity index (χ1) is 15.3. The zero-order valence-electron chi connectivity index (χ0n) is 16.1. The number of benzene rings is 2. The Bertz CT molecular complexity index is 1520. The van der Waals surface area contributed by atoms with Crippen molar-refractivity contribution in [2.24, 2.45) is 20.0 Å². The van der Waals surface area contributed by atoms with E-state index in [4.69, 9.17) is 9.98 Å². The smallest absolute Gasteiger partial charge is 0.239 e. The number of nitrogens with zero attached hydrogens (tertiary/aromatic N) is 5. The molecular weight excluding hydrogens is 422 g/mol.